The zero-order valence-corrected chi connectivity index (χ0v) is 20.2. The van der Waals surface area contributed by atoms with Gasteiger partial charge in [-0.3, -0.25) is 24.0 Å². The SMILES string of the molecule is CSCCC(NC(=O)C(CC(C)C)NC(=O)C(N)CCC(=O)O)C(=O)NC(CC(=O)O)C(=O)O. The summed E-state index contributed by atoms with van der Waals surface area (Å²) in [5, 5.41) is 33.9. The molecule has 0 spiro atoms. The number of hydrogen-bond acceptors (Lipinski definition) is 8. The number of thioether (sulfide) groups is 1. The van der Waals surface area contributed by atoms with E-state index in [4.69, 9.17) is 21.1 Å². The van der Waals surface area contributed by atoms with Crippen LogP contribution in [0.5, 0.6) is 0 Å². The van der Waals surface area contributed by atoms with Crippen LogP contribution < -0.4 is 21.7 Å². The molecule has 0 aliphatic rings. The molecule has 3 amide bonds. The third-order valence-electron chi connectivity index (χ3n) is 4.58. The molecular weight excluding hydrogens is 472 g/mol. The second-order valence-corrected chi connectivity index (χ2v) is 9.06. The average Bonchev–Trinajstić information content (AvgIpc) is 2.72. The van der Waals surface area contributed by atoms with Crippen molar-refractivity contribution in [1.29, 1.82) is 0 Å². The lowest BCUT2D eigenvalue weighted by Crippen LogP contribution is -2.57. The molecule has 0 fully saturated rings. The van der Waals surface area contributed by atoms with E-state index in [0.29, 0.717) is 5.75 Å². The second kappa shape index (κ2) is 15.9. The molecule has 194 valence electrons. The number of carbonyl (C=O) groups excluding carboxylic acids is 3. The van der Waals surface area contributed by atoms with Crippen molar-refractivity contribution in [1.82, 2.24) is 16.0 Å². The number of hydrogen-bond donors (Lipinski definition) is 7. The summed E-state index contributed by atoms with van der Waals surface area (Å²) < 4.78 is 0. The van der Waals surface area contributed by atoms with E-state index in [1.165, 1.54) is 11.8 Å². The molecule has 0 radical (unpaired) electrons. The summed E-state index contributed by atoms with van der Waals surface area (Å²) in [6, 6.07) is -5.09. The Bertz CT molecular complexity index is 748. The van der Waals surface area contributed by atoms with Crippen LogP contribution in [-0.4, -0.2) is 87.1 Å². The molecule has 0 saturated heterocycles. The van der Waals surface area contributed by atoms with Crippen molar-refractivity contribution in [2.24, 2.45) is 11.7 Å². The second-order valence-electron chi connectivity index (χ2n) is 8.07. The Morgan fingerprint density at radius 3 is 1.79 bits per heavy atom. The molecule has 4 unspecified atom stereocenters. The molecular formula is C20H34N4O9S. The van der Waals surface area contributed by atoms with E-state index < -0.39 is 66.2 Å². The van der Waals surface area contributed by atoms with Crippen LogP contribution in [0, 0.1) is 5.92 Å². The van der Waals surface area contributed by atoms with E-state index in [2.05, 4.69) is 16.0 Å². The average molecular weight is 507 g/mol. The normalized spacial score (nSPS) is 14.4. The molecule has 0 aromatic carbocycles. The number of amides is 3. The van der Waals surface area contributed by atoms with E-state index in [1.54, 1.807) is 20.1 Å². The van der Waals surface area contributed by atoms with Gasteiger partial charge in [0, 0.05) is 6.42 Å². The highest BCUT2D eigenvalue weighted by molar-refractivity contribution is 7.98. The Morgan fingerprint density at radius 1 is 0.794 bits per heavy atom. The first-order valence-corrected chi connectivity index (χ1v) is 12.0. The Hall–Kier alpha value is -2.87. The Morgan fingerprint density at radius 2 is 1.32 bits per heavy atom. The van der Waals surface area contributed by atoms with E-state index in [9.17, 15) is 28.8 Å². The minimum Gasteiger partial charge on any atom is -0.481 e. The van der Waals surface area contributed by atoms with Gasteiger partial charge in [0.2, 0.25) is 17.7 Å². The van der Waals surface area contributed by atoms with Crippen molar-refractivity contribution in [3.05, 3.63) is 0 Å². The van der Waals surface area contributed by atoms with Crippen LogP contribution in [-0.2, 0) is 28.8 Å². The maximum Gasteiger partial charge on any atom is 0.326 e. The smallest absolute Gasteiger partial charge is 0.326 e. The van der Waals surface area contributed by atoms with Gasteiger partial charge in [-0.25, -0.2) is 4.79 Å². The summed E-state index contributed by atoms with van der Waals surface area (Å²) in [4.78, 5) is 70.8. The lowest BCUT2D eigenvalue weighted by molar-refractivity contribution is -0.147. The predicted molar refractivity (Wildman–Crippen MR) is 123 cm³/mol. The minimum absolute atomic E-state index is 0.0447. The fourth-order valence-electron chi connectivity index (χ4n) is 2.82. The third kappa shape index (κ3) is 13.0. The van der Waals surface area contributed by atoms with Crippen LogP contribution in [0.2, 0.25) is 0 Å². The van der Waals surface area contributed by atoms with Gasteiger partial charge in [0.15, 0.2) is 0 Å². The van der Waals surface area contributed by atoms with E-state index in [0.717, 1.165) is 0 Å². The van der Waals surface area contributed by atoms with Gasteiger partial charge >= 0.3 is 17.9 Å². The summed E-state index contributed by atoms with van der Waals surface area (Å²) in [5.41, 5.74) is 5.71. The molecule has 0 aromatic rings. The molecule has 0 bridgehead atoms. The number of carbonyl (C=O) groups is 6. The highest BCUT2D eigenvalue weighted by atomic mass is 32.2. The monoisotopic (exact) mass is 506 g/mol. The maximum absolute atomic E-state index is 12.9. The van der Waals surface area contributed by atoms with Gasteiger partial charge in [-0.05, 0) is 37.2 Å². The van der Waals surface area contributed by atoms with Crippen LogP contribution >= 0.6 is 11.8 Å². The molecule has 0 aliphatic heterocycles. The molecule has 0 aliphatic carbocycles. The molecule has 34 heavy (non-hydrogen) atoms. The zero-order chi connectivity index (χ0) is 26.4. The largest absolute Gasteiger partial charge is 0.481 e. The van der Waals surface area contributed by atoms with E-state index in [1.807, 2.05) is 0 Å². The minimum atomic E-state index is -1.68. The van der Waals surface area contributed by atoms with Gasteiger partial charge in [-0.15, -0.1) is 0 Å². The molecule has 0 rings (SSSR count). The summed E-state index contributed by atoms with van der Waals surface area (Å²) >= 11 is 1.38. The molecule has 13 nitrogen and oxygen atoms in total. The van der Waals surface area contributed by atoms with E-state index >= 15 is 0 Å². The van der Waals surface area contributed by atoms with Gasteiger partial charge in [0.25, 0.3) is 0 Å². The molecule has 8 N–H and O–H groups in total. The summed E-state index contributed by atoms with van der Waals surface area (Å²) in [7, 11) is 0. The van der Waals surface area contributed by atoms with Gasteiger partial charge in [0.05, 0.1) is 12.5 Å². The molecule has 0 saturated carbocycles. The van der Waals surface area contributed by atoms with Gasteiger partial charge in [-0.1, -0.05) is 13.8 Å². The maximum atomic E-state index is 12.9. The standard InChI is InChI=1S/C20H34N4O9S/c1-10(2)8-13(23-17(29)11(21)4-5-15(25)26)19(31)22-12(6-7-34-3)18(30)24-14(20(32)33)9-16(27)28/h10-14H,4-9,21H2,1-3H3,(H,22,31)(H,23,29)(H,24,30)(H,25,26)(H,27,28)(H,32,33). The molecule has 0 aromatic heterocycles. The van der Waals surface area contributed by atoms with Crippen molar-refractivity contribution < 1.29 is 44.1 Å². The fourth-order valence-corrected chi connectivity index (χ4v) is 3.29. The van der Waals surface area contributed by atoms with Gasteiger partial charge in [0.1, 0.15) is 18.1 Å². The lowest BCUT2D eigenvalue weighted by Gasteiger charge is -2.25. The predicted octanol–water partition coefficient (Wildman–Crippen LogP) is -1.01. The van der Waals surface area contributed by atoms with Crippen LogP contribution in [0.3, 0.4) is 0 Å². The summed E-state index contributed by atoms with van der Waals surface area (Å²) in [6.45, 7) is 3.61. The van der Waals surface area contributed by atoms with Gasteiger partial charge in [-0.2, -0.15) is 11.8 Å². The van der Waals surface area contributed by atoms with Crippen molar-refractivity contribution in [2.45, 2.75) is 70.1 Å². The summed E-state index contributed by atoms with van der Waals surface area (Å²) in [6.07, 6.45) is 0.783. The fraction of sp³-hybridized carbons (Fsp3) is 0.700. The Kier molecular flexibility index (Phi) is 14.5. The van der Waals surface area contributed by atoms with Crippen LogP contribution in [0.25, 0.3) is 0 Å². The number of nitrogens with one attached hydrogen (secondary N) is 3. The number of rotatable bonds is 17. The highest BCUT2D eigenvalue weighted by Crippen LogP contribution is 2.09. The third-order valence-corrected chi connectivity index (χ3v) is 5.23. The highest BCUT2D eigenvalue weighted by Gasteiger charge is 2.31. The van der Waals surface area contributed by atoms with Crippen LogP contribution in [0.1, 0.15) is 46.0 Å². The van der Waals surface area contributed by atoms with Crippen LogP contribution in [0.4, 0.5) is 0 Å². The van der Waals surface area contributed by atoms with Crippen molar-refractivity contribution in [3.63, 3.8) is 0 Å². The lowest BCUT2D eigenvalue weighted by atomic mass is 10.0. The summed E-state index contributed by atoms with van der Waals surface area (Å²) in [5.74, 6) is -6.00. The quantitative estimate of drug-likeness (QED) is 0.126. The molecule has 14 heteroatoms. The first-order valence-electron chi connectivity index (χ1n) is 10.6. The topological polar surface area (TPSA) is 225 Å². The van der Waals surface area contributed by atoms with E-state index in [-0.39, 0.29) is 31.6 Å². The number of carboxylic acid groups (broad SMARTS) is 3. The number of carboxylic acids is 3. The van der Waals surface area contributed by atoms with Crippen molar-refractivity contribution in [3.8, 4) is 0 Å². The Balaban J connectivity index is 5.45. The van der Waals surface area contributed by atoms with Crippen molar-refractivity contribution >= 4 is 47.4 Å². The van der Waals surface area contributed by atoms with Gasteiger partial charge < -0.3 is 37.0 Å². The van der Waals surface area contributed by atoms with Crippen molar-refractivity contribution in [2.75, 3.05) is 12.0 Å². The zero-order valence-electron chi connectivity index (χ0n) is 19.4. The number of aliphatic carboxylic acids is 3. The molecule has 0 heterocycles. The first kappa shape index (κ1) is 31.1. The van der Waals surface area contributed by atoms with Crippen LogP contribution in [0.15, 0.2) is 0 Å². The first-order chi connectivity index (χ1) is 15.8. The Labute approximate surface area is 201 Å². The number of nitrogens with two attached hydrogens (primary N) is 1. The molecule has 4 atom stereocenters.